The molecule has 0 atom stereocenters. The van der Waals surface area contributed by atoms with Crippen molar-refractivity contribution in [2.45, 2.75) is 13.3 Å². The molecule has 20 heavy (non-hydrogen) atoms. The summed E-state index contributed by atoms with van der Waals surface area (Å²) in [5, 5.41) is 2.74. The molecule has 0 radical (unpaired) electrons. The van der Waals surface area contributed by atoms with Gasteiger partial charge in [-0.1, -0.05) is 6.92 Å². The van der Waals surface area contributed by atoms with Crippen molar-refractivity contribution in [3.05, 3.63) is 46.2 Å². The Labute approximate surface area is 124 Å². The van der Waals surface area contributed by atoms with Gasteiger partial charge < -0.3 is 10.7 Å². The van der Waals surface area contributed by atoms with Gasteiger partial charge in [-0.25, -0.2) is 15.8 Å². The highest BCUT2D eigenvalue weighted by Crippen LogP contribution is 2.19. The second-order valence-corrected chi connectivity index (χ2v) is 4.87. The number of hydrogen-bond donors (Lipinski definition) is 3. The van der Waals surface area contributed by atoms with Crippen molar-refractivity contribution < 1.29 is 4.79 Å². The van der Waals surface area contributed by atoms with E-state index in [1.165, 1.54) is 0 Å². The monoisotopic (exact) mass is 335 g/mol. The summed E-state index contributed by atoms with van der Waals surface area (Å²) in [6.45, 7) is 1.96. The first-order valence-corrected chi connectivity index (χ1v) is 6.82. The molecule has 0 fully saturated rings. The topological polar surface area (TPSA) is 92.9 Å². The fourth-order valence-corrected chi connectivity index (χ4v) is 1.99. The number of aryl methyl sites for hydroxylation is 1. The van der Waals surface area contributed by atoms with E-state index in [1.54, 1.807) is 30.5 Å². The molecule has 0 aromatic carbocycles. The summed E-state index contributed by atoms with van der Waals surface area (Å²) in [6.07, 6.45) is 2.32. The number of aromatic nitrogens is 2. The van der Waals surface area contributed by atoms with Crippen molar-refractivity contribution in [3.8, 4) is 0 Å². The zero-order valence-electron chi connectivity index (χ0n) is 10.9. The minimum absolute atomic E-state index is 0.266. The van der Waals surface area contributed by atoms with Crippen molar-refractivity contribution in [1.29, 1.82) is 0 Å². The molecule has 1 amide bonds. The second kappa shape index (κ2) is 6.44. The summed E-state index contributed by atoms with van der Waals surface area (Å²) in [6, 6.07) is 6.90. The Bertz CT molecular complexity index is 610. The van der Waals surface area contributed by atoms with Crippen molar-refractivity contribution in [1.82, 2.24) is 9.97 Å². The van der Waals surface area contributed by atoms with Gasteiger partial charge in [0.15, 0.2) is 0 Å². The molecule has 0 spiro atoms. The van der Waals surface area contributed by atoms with Crippen LogP contribution in [0.1, 0.15) is 23.0 Å². The summed E-state index contributed by atoms with van der Waals surface area (Å²) in [7, 11) is 0. The van der Waals surface area contributed by atoms with Crippen LogP contribution in [0.15, 0.2) is 34.9 Å². The quantitative estimate of drug-likeness (QED) is 0.589. The van der Waals surface area contributed by atoms with Crippen molar-refractivity contribution >= 4 is 33.5 Å². The Morgan fingerprint density at radius 3 is 2.90 bits per heavy atom. The van der Waals surface area contributed by atoms with Crippen LogP contribution < -0.4 is 16.6 Å². The Morgan fingerprint density at radius 2 is 2.25 bits per heavy atom. The molecular weight excluding hydrogens is 322 g/mol. The lowest BCUT2D eigenvalue weighted by atomic mass is 10.2. The molecule has 104 valence electrons. The third kappa shape index (κ3) is 3.31. The lowest BCUT2D eigenvalue weighted by molar-refractivity contribution is 0.102. The Kier molecular flexibility index (Phi) is 4.65. The molecule has 0 aliphatic heterocycles. The molecule has 0 saturated carbocycles. The number of anilines is 2. The van der Waals surface area contributed by atoms with Gasteiger partial charge in [0.2, 0.25) is 0 Å². The second-order valence-electron chi connectivity index (χ2n) is 4.02. The minimum atomic E-state index is -0.266. The third-order valence-electron chi connectivity index (χ3n) is 2.64. The van der Waals surface area contributed by atoms with Crippen LogP contribution in [-0.2, 0) is 6.42 Å². The van der Waals surface area contributed by atoms with E-state index in [-0.39, 0.29) is 5.91 Å². The van der Waals surface area contributed by atoms with Gasteiger partial charge in [0.25, 0.3) is 5.91 Å². The van der Waals surface area contributed by atoms with Crippen LogP contribution in [0.5, 0.6) is 0 Å². The SMILES string of the molecule is CCc1cc(C(=O)Nc2ncccc2Br)cc(NN)n1. The van der Waals surface area contributed by atoms with Crippen LogP contribution in [0.2, 0.25) is 0 Å². The number of carbonyl (C=O) groups is 1. The van der Waals surface area contributed by atoms with E-state index in [0.717, 1.165) is 10.2 Å². The molecule has 0 aliphatic carbocycles. The lowest BCUT2D eigenvalue weighted by Gasteiger charge is -2.09. The first kappa shape index (κ1) is 14.4. The molecule has 2 aromatic rings. The third-order valence-corrected chi connectivity index (χ3v) is 3.28. The molecule has 2 aromatic heterocycles. The van der Waals surface area contributed by atoms with Gasteiger partial charge in [0.1, 0.15) is 11.6 Å². The minimum Gasteiger partial charge on any atom is -0.308 e. The number of nitrogen functional groups attached to an aromatic ring is 1. The summed E-state index contributed by atoms with van der Waals surface area (Å²) >= 11 is 3.33. The fourth-order valence-electron chi connectivity index (χ4n) is 1.63. The van der Waals surface area contributed by atoms with Crippen molar-refractivity contribution in [2.75, 3.05) is 10.7 Å². The highest BCUT2D eigenvalue weighted by Gasteiger charge is 2.11. The van der Waals surface area contributed by atoms with Crippen LogP contribution in [0.3, 0.4) is 0 Å². The summed E-state index contributed by atoms with van der Waals surface area (Å²) in [5.74, 6) is 6.01. The highest BCUT2D eigenvalue weighted by molar-refractivity contribution is 9.10. The van der Waals surface area contributed by atoms with Gasteiger partial charge in [-0.3, -0.25) is 4.79 Å². The van der Waals surface area contributed by atoms with Crippen LogP contribution >= 0.6 is 15.9 Å². The van der Waals surface area contributed by atoms with Crippen molar-refractivity contribution in [2.24, 2.45) is 5.84 Å². The number of nitrogens with zero attached hydrogens (tertiary/aromatic N) is 2. The van der Waals surface area contributed by atoms with E-state index >= 15 is 0 Å². The predicted molar refractivity (Wildman–Crippen MR) is 81.3 cm³/mol. The number of rotatable bonds is 4. The van der Waals surface area contributed by atoms with Gasteiger partial charge in [-0.2, -0.15) is 0 Å². The van der Waals surface area contributed by atoms with Gasteiger partial charge >= 0.3 is 0 Å². The predicted octanol–water partition coefficient (Wildman–Crippen LogP) is 2.34. The Balaban J connectivity index is 2.27. The average molecular weight is 336 g/mol. The van der Waals surface area contributed by atoms with Crippen LogP contribution in [-0.4, -0.2) is 15.9 Å². The molecule has 0 aliphatic rings. The molecule has 0 saturated heterocycles. The van der Waals surface area contributed by atoms with Crippen molar-refractivity contribution in [3.63, 3.8) is 0 Å². The van der Waals surface area contributed by atoms with E-state index in [2.05, 4.69) is 36.6 Å². The smallest absolute Gasteiger partial charge is 0.257 e. The van der Waals surface area contributed by atoms with Gasteiger partial charge in [-0.05, 0) is 46.6 Å². The van der Waals surface area contributed by atoms with Crippen LogP contribution in [0.25, 0.3) is 0 Å². The highest BCUT2D eigenvalue weighted by atomic mass is 79.9. The fraction of sp³-hybridized carbons (Fsp3) is 0.154. The van der Waals surface area contributed by atoms with Gasteiger partial charge in [-0.15, -0.1) is 0 Å². The molecule has 2 rings (SSSR count). The average Bonchev–Trinajstić information content (AvgIpc) is 2.48. The standard InChI is InChI=1S/C13H14BrN5O/c1-2-9-6-8(7-11(17-9)19-15)13(20)18-12-10(14)4-3-5-16-12/h3-7H,2,15H2,1H3,(H,17,19)(H,16,18,20). The van der Waals surface area contributed by atoms with E-state index in [1.807, 2.05) is 6.92 Å². The zero-order valence-corrected chi connectivity index (χ0v) is 12.4. The lowest BCUT2D eigenvalue weighted by Crippen LogP contribution is -2.16. The van der Waals surface area contributed by atoms with E-state index in [0.29, 0.717) is 23.6 Å². The first-order valence-electron chi connectivity index (χ1n) is 6.03. The summed E-state index contributed by atoms with van der Waals surface area (Å²) in [4.78, 5) is 20.6. The number of amides is 1. The normalized spacial score (nSPS) is 10.2. The summed E-state index contributed by atoms with van der Waals surface area (Å²) < 4.78 is 0.718. The first-order chi connectivity index (χ1) is 9.63. The van der Waals surface area contributed by atoms with Crippen LogP contribution in [0, 0.1) is 0 Å². The molecule has 0 unspecified atom stereocenters. The number of carbonyl (C=O) groups excluding carboxylic acids is 1. The van der Waals surface area contributed by atoms with E-state index in [9.17, 15) is 4.79 Å². The Hall–Kier alpha value is -1.99. The number of hydrazine groups is 1. The number of nitrogens with one attached hydrogen (secondary N) is 2. The molecule has 0 bridgehead atoms. The number of hydrogen-bond acceptors (Lipinski definition) is 5. The maximum absolute atomic E-state index is 12.2. The maximum Gasteiger partial charge on any atom is 0.257 e. The van der Waals surface area contributed by atoms with Crippen LogP contribution in [0.4, 0.5) is 11.6 Å². The molecule has 4 N–H and O–H groups in total. The molecular formula is C13H14BrN5O. The maximum atomic E-state index is 12.2. The Morgan fingerprint density at radius 1 is 1.45 bits per heavy atom. The van der Waals surface area contributed by atoms with Gasteiger partial charge in [0.05, 0.1) is 4.47 Å². The largest absolute Gasteiger partial charge is 0.308 e. The van der Waals surface area contributed by atoms with E-state index in [4.69, 9.17) is 5.84 Å². The number of nitrogens with two attached hydrogens (primary N) is 1. The molecule has 7 heteroatoms. The van der Waals surface area contributed by atoms with E-state index < -0.39 is 0 Å². The number of pyridine rings is 2. The number of halogens is 1. The zero-order chi connectivity index (χ0) is 14.5. The molecule has 2 heterocycles. The van der Waals surface area contributed by atoms with Gasteiger partial charge in [0, 0.05) is 17.5 Å². The summed E-state index contributed by atoms with van der Waals surface area (Å²) in [5.41, 5.74) is 3.71. The molecule has 6 nitrogen and oxygen atoms in total.